The highest BCUT2D eigenvalue weighted by Crippen LogP contribution is 2.32. The molecular formula is C25H26N2O3. The van der Waals surface area contributed by atoms with E-state index in [1.807, 2.05) is 43.3 Å². The van der Waals surface area contributed by atoms with E-state index in [0.717, 1.165) is 28.2 Å². The lowest BCUT2D eigenvalue weighted by Crippen LogP contribution is -2.43. The van der Waals surface area contributed by atoms with Crippen LogP contribution in [0.2, 0.25) is 0 Å². The maximum Gasteiger partial charge on any atom is 0.237 e. The molecule has 0 bridgehead atoms. The summed E-state index contributed by atoms with van der Waals surface area (Å²) in [6.07, 6.45) is 0. The third-order valence-corrected chi connectivity index (χ3v) is 5.26. The minimum Gasteiger partial charge on any atom is -0.454 e. The van der Waals surface area contributed by atoms with E-state index in [1.165, 1.54) is 5.56 Å². The fourth-order valence-corrected chi connectivity index (χ4v) is 3.51. The molecule has 30 heavy (non-hydrogen) atoms. The van der Waals surface area contributed by atoms with E-state index in [9.17, 15) is 4.79 Å². The lowest BCUT2D eigenvalue weighted by molar-refractivity contribution is -0.123. The first-order valence-corrected chi connectivity index (χ1v) is 10.1. The molecule has 4 rings (SSSR count). The normalized spacial score (nSPS) is 14.2. The summed E-state index contributed by atoms with van der Waals surface area (Å²) in [5.41, 5.74) is 4.43. The Balaban J connectivity index is 1.43. The summed E-state index contributed by atoms with van der Waals surface area (Å²) < 4.78 is 10.7. The zero-order valence-electron chi connectivity index (χ0n) is 17.2. The number of benzene rings is 3. The van der Waals surface area contributed by atoms with E-state index in [1.54, 1.807) is 0 Å². The molecule has 154 valence electrons. The third kappa shape index (κ3) is 4.63. The van der Waals surface area contributed by atoms with Crippen LogP contribution in [-0.4, -0.2) is 18.7 Å². The standard InChI is InChI=1S/C25H26N2O3/c1-17-8-11-21(12-9-17)24(20-6-4-3-5-7-20)27-18(2)25(28)26-15-19-10-13-22-23(14-19)30-16-29-22/h3-14,18,24,27H,15-16H2,1-2H3,(H,26,28)/t18-,24-/m0/s1. The first-order chi connectivity index (χ1) is 14.6. The van der Waals surface area contributed by atoms with Crippen molar-refractivity contribution in [2.24, 2.45) is 0 Å². The number of carbonyl (C=O) groups excluding carboxylic acids is 1. The summed E-state index contributed by atoms with van der Waals surface area (Å²) in [7, 11) is 0. The topological polar surface area (TPSA) is 59.6 Å². The van der Waals surface area contributed by atoms with Gasteiger partial charge in [-0.05, 0) is 42.7 Å². The van der Waals surface area contributed by atoms with Gasteiger partial charge in [0.1, 0.15) is 0 Å². The molecule has 0 saturated carbocycles. The first kappa shape index (κ1) is 20.0. The highest BCUT2D eigenvalue weighted by atomic mass is 16.7. The van der Waals surface area contributed by atoms with Crippen LogP contribution in [0.4, 0.5) is 0 Å². The van der Waals surface area contributed by atoms with Crippen LogP contribution >= 0.6 is 0 Å². The number of nitrogens with one attached hydrogen (secondary N) is 2. The van der Waals surface area contributed by atoms with E-state index < -0.39 is 0 Å². The van der Waals surface area contributed by atoms with Crippen molar-refractivity contribution in [3.8, 4) is 11.5 Å². The second-order valence-corrected chi connectivity index (χ2v) is 7.55. The predicted molar refractivity (Wildman–Crippen MR) is 116 cm³/mol. The first-order valence-electron chi connectivity index (χ1n) is 10.1. The molecule has 0 radical (unpaired) electrons. The second-order valence-electron chi connectivity index (χ2n) is 7.55. The Morgan fingerprint density at radius 2 is 1.63 bits per heavy atom. The number of rotatable bonds is 7. The summed E-state index contributed by atoms with van der Waals surface area (Å²) >= 11 is 0. The van der Waals surface area contributed by atoms with Crippen LogP contribution in [0.5, 0.6) is 11.5 Å². The van der Waals surface area contributed by atoms with Gasteiger partial charge in [0.2, 0.25) is 12.7 Å². The van der Waals surface area contributed by atoms with Gasteiger partial charge in [0, 0.05) is 6.54 Å². The van der Waals surface area contributed by atoms with Crippen molar-refractivity contribution in [1.82, 2.24) is 10.6 Å². The molecule has 0 unspecified atom stereocenters. The quantitative estimate of drug-likeness (QED) is 0.625. The lowest BCUT2D eigenvalue weighted by Gasteiger charge is -2.24. The average Bonchev–Trinajstić information content (AvgIpc) is 3.25. The second kappa shape index (κ2) is 9.01. The largest absolute Gasteiger partial charge is 0.454 e. The molecular weight excluding hydrogens is 376 g/mol. The van der Waals surface area contributed by atoms with Crippen molar-refractivity contribution in [3.63, 3.8) is 0 Å². The van der Waals surface area contributed by atoms with Crippen LogP contribution in [0.15, 0.2) is 72.8 Å². The maximum atomic E-state index is 12.8. The third-order valence-electron chi connectivity index (χ3n) is 5.26. The fourth-order valence-electron chi connectivity index (χ4n) is 3.51. The summed E-state index contributed by atoms with van der Waals surface area (Å²) in [6, 6.07) is 23.9. The van der Waals surface area contributed by atoms with Crippen LogP contribution in [0.1, 0.15) is 35.2 Å². The van der Waals surface area contributed by atoms with Gasteiger partial charge in [-0.1, -0.05) is 66.2 Å². The van der Waals surface area contributed by atoms with E-state index in [-0.39, 0.29) is 24.8 Å². The molecule has 5 heteroatoms. The van der Waals surface area contributed by atoms with Crippen molar-refractivity contribution in [2.75, 3.05) is 6.79 Å². The van der Waals surface area contributed by atoms with Gasteiger partial charge in [0.25, 0.3) is 0 Å². The fraction of sp³-hybridized carbons (Fsp3) is 0.240. The molecule has 2 atom stereocenters. The monoisotopic (exact) mass is 402 g/mol. The summed E-state index contributed by atoms with van der Waals surface area (Å²) in [4.78, 5) is 12.8. The molecule has 0 aliphatic carbocycles. The highest BCUT2D eigenvalue weighted by Gasteiger charge is 2.21. The molecule has 1 aliphatic rings. The minimum atomic E-state index is -0.370. The molecule has 0 fully saturated rings. The van der Waals surface area contributed by atoms with Crippen LogP contribution in [0.25, 0.3) is 0 Å². The number of aryl methyl sites for hydroxylation is 1. The zero-order valence-corrected chi connectivity index (χ0v) is 17.2. The Morgan fingerprint density at radius 3 is 2.40 bits per heavy atom. The number of hydrogen-bond donors (Lipinski definition) is 2. The highest BCUT2D eigenvalue weighted by molar-refractivity contribution is 5.81. The SMILES string of the molecule is Cc1ccc([C@@H](N[C@@H](C)C(=O)NCc2ccc3c(c2)OCO3)c2ccccc2)cc1. The number of hydrogen-bond acceptors (Lipinski definition) is 4. The molecule has 1 heterocycles. The van der Waals surface area contributed by atoms with Crippen LogP contribution in [-0.2, 0) is 11.3 Å². The van der Waals surface area contributed by atoms with E-state index in [4.69, 9.17) is 9.47 Å². The van der Waals surface area contributed by atoms with Gasteiger partial charge in [-0.3, -0.25) is 10.1 Å². The van der Waals surface area contributed by atoms with E-state index in [2.05, 4.69) is 54.0 Å². The van der Waals surface area contributed by atoms with Crippen LogP contribution in [0, 0.1) is 6.92 Å². The van der Waals surface area contributed by atoms with Gasteiger partial charge in [-0.15, -0.1) is 0 Å². The Morgan fingerprint density at radius 1 is 0.933 bits per heavy atom. The van der Waals surface area contributed by atoms with Crippen LogP contribution < -0.4 is 20.1 Å². The van der Waals surface area contributed by atoms with E-state index >= 15 is 0 Å². The van der Waals surface area contributed by atoms with Gasteiger partial charge in [-0.25, -0.2) is 0 Å². The van der Waals surface area contributed by atoms with E-state index in [0.29, 0.717) is 6.54 Å². The smallest absolute Gasteiger partial charge is 0.237 e. The summed E-state index contributed by atoms with van der Waals surface area (Å²) in [6.45, 7) is 4.63. The molecule has 3 aromatic rings. The molecule has 0 spiro atoms. The molecule has 5 nitrogen and oxygen atoms in total. The molecule has 1 aliphatic heterocycles. The van der Waals surface area contributed by atoms with Crippen molar-refractivity contribution >= 4 is 5.91 Å². The Bertz CT molecular complexity index is 1000. The number of amides is 1. The Kier molecular flexibility index (Phi) is 6.00. The number of carbonyl (C=O) groups is 1. The molecule has 0 saturated heterocycles. The van der Waals surface area contributed by atoms with Gasteiger partial charge in [0.05, 0.1) is 12.1 Å². The van der Waals surface area contributed by atoms with Gasteiger partial charge in [0.15, 0.2) is 11.5 Å². The summed E-state index contributed by atoms with van der Waals surface area (Å²) in [5, 5.41) is 6.50. The number of ether oxygens (including phenoxy) is 2. The lowest BCUT2D eigenvalue weighted by atomic mass is 9.97. The minimum absolute atomic E-state index is 0.0549. The molecule has 0 aromatic heterocycles. The van der Waals surface area contributed by atoms with Crippen molar-refractivity contribution < 1.29 is 14.3 Å². The van der Waals surface area contributed by atoms with Crippen molar-refractivity contribution in [2.45, 2.75) is 32.5 Å². The number of fused-ring (bicyclic) bond motifs is 1. The van der Waals surface area contributed by atoms with Crippen molar-refractivity contribution in [1.29, 1.82) is 0 Å². The van der Waals surface area contributed by atoms with Gasteiger partial charge in [-0.2, -0.15) is 0 Å². The Hall–Kier alpha value is -3.31. The predicted octanol–water partition coefficient (Wildman–Crippen LogP) is 4.11. The van der Waals surface area contributed by atoms with Crippen molar-refractivity contribution in [3.05, 3.63) is 95.1 Å². The molecule has 1 amide bonds. The van der Waals surface area contributed by atoms with Gasteiger partial charge >= 0.3 is 0 Å². The maximum absolute atomic E-state index is 12.8. The van der Waals surface area contributed by atoms with Crippen LogP contribution in [0.3, 0.4) is 0 Å². The zero-order chi connectivity index (χ0) is 20.9. The Labute approximate surface area is 177 Å². The van der Waals surface area contributed by atoms with Gasteiger partial charge < -0.3 is 14.8 Å². The average molecular weight is 402 g/mol. The summed E-state index contributed by atoms with van der Waals surface area (Å²) in [5.74, 6) is 1.40. The molecule has 3 aromatic carbocycles. The molecule has 2 N–H and O–H groups in total.